The van der Waals surface area contributed by atoms with Gasteiger partial charge in [-0.05, 0) is 30.2 Å². The predicted molar refractivity (Wildman–Crippen MR) is 74.3 cm³/mol. The lowest BCUT2D eigenvalue weighted by atomic mass is 10.2. The van der Waals surface area contributed by atoms with Crippen LogP contribution in [-0.4, -0.2) is 10.9 Å². The molecule has 0 bridgehead atoms. The molecule has 92 valence electrons. The maximum Gasteiger partial charge on any atom is 0.270 e. The normalized spacial score (nSPS) is 10.1. The van der Waals surface area contributed by atoms with Gasteiger partial charge >= 0.3 is 0 Å². The Morgan fingerprint density at radius 1 is 1.28 bits per heavy atom. The molecule has 1 heterocycles. The fourth-order valence-corrected chi connectivity index (χ4v) is 2.05. The van der Waals surface area contributed by atoms with E-state index >= 15 is 0 Å². The summed E-state index contributed by atoms with van der Waals surface area (Å²) in [6.07, 6.45) is 1.63. The van der Waals surface area contributed by atoms with Crippen LogP contribution in [0.1, 0.15) is 21.6 Å². The summed E-state index contributed by atoms with van der Waals surface area (Å²) in [6.45, 7) is 2.36. The predicted octanol–water partition coefficient (Wildman–Crippen LogP) is 3.08. The zero-order valence-electron chi connectivity index (χ0n) is 9.98. The molecule has 0 aliphatic rings. The van der Waals surface area contributed by atoms with E-state index in [4.69, 9.17) is 0 Å². The number of halogens is 1. The average Bonchev–Trinajstić information content (AvgIpc) is 2.38. The van der Waals surface area contributed by atoms with E-state index in [1.807, 2.05) is 43.3 Å². The maximum absolute atomic E-state index is 12.0. The van der Waals surface area contributed by atoms with Crippen molar-refractivity contribution in [3.05, 3.63) is 63.9 Å². The van der Waals surface area contributed by atoms with Gasteiger partial charge in [-0.2, -0.15) is 0 Å². The van der Waals surface area contributed by atoms with Gasteiger partial charge < -0.3 is 5.32 Å². The Labute approximate surface area is 114 Å². The van der Waals surface area contributed by atoms with E-state index in [0.717, 1.165) is 15.6 Å². The zero-order valence-corrected chi connectivity index (χ0v) is 11.6. The van der Waals surface area contributed by atoms with E-state index in [-0.39, 0.29) is 5.91 Å². The second-order valence-corrected chi connectivity index (χ2v) is 4.80. The first kappa shape index (κ1) is 12.8. The van der Waals surface area contributed by atoms with Crippen LogP contribution in [0.4, 0.5) is 0 Å². The number of hydrogen-bond acceptors (Lipinski definition) is 2. The van der Waals surface area contributed by atoms with Crippen LogP contribution >= 0.6 is 15.9 Å². The highest BCUT2D eigenvalue weighted by atomic mass is 79.9. The largest absolute Gasteiger partial charge is 0.347 e. The van der Waals surface area contributed by atoms with Crippen molar-refractivity contribution in [1.29, 1.82) is 0 Å². The number of nitrogens with zero attached hydrogens (tertiary/aromatic N) is 1. The first-order valence-corrected chi connectivity index (χ1v) is 6.41. The number of nitrogens with one attached hydrogen (secondary N) is 1. The molecule has 1 amide bonds. The van der Waals surface area contributed by atoms with Crippen molar-refractivity contribution in [2.75, 3.05) is 0 Å². The van der Waals surface area contributed by atoms with Crippen LogP contribution in [0.5, 0.6) is 0 Å². The van der Waals surface area contributed by atoms with E-state index in [1.165, 1.54) is 0 Å². The van der Waals surface area contributed by atoms with Crippen LogP contribution < -0.4 is 5.32 Å². The van der Waals surface area contributed by atoms with Crippen LogP contribution in [0.25, 0.3) is 0 Å². The molecule has 18 heavy (non-hydrogen) atoms. The summed E-state index contributed by atoms with van der Waals surface area (Å²) >= 11 is 3.45. The monoisotopic (exact) mass is 304 g/mol. The van der Waals surface area contributed by atoms with E-state index in [9.17, 15) is 4.79 Å². The van der Waals surface area contributed by atoms with Gasteiger partial charge in [0.15, 0.2) is 0 Å². The molecule has 2 rings (SSSR count). The van der Waals surface area contributed by atoms with Crippen molar-refractivity contribution in [3.63, 3.8) is 0 Å². The molecule has 0 spiro atoms. The first-order chi connectivity index (χ1) is 8.68. The number of pyridine rings is 1. The van der Waals surface area contributed by atoms with Gasteiger partial charge in [-0.25, -0.2) is 0 Å². The van der Waals surface area contributed by atoms with Gasteiger partial charge in [-0.1, -0.05) is 40.2 Å². The molecule has 0 aliphatic heterocycles. The second kappa shape index (κ2) is 5.78. The highest BCUT2D eigenvalue weighted by molar-refractivity contribution is 9.10. The Hall–Kier alpha value is -1.68. The van der Waals surface area contributed by atoms with Crippen molar-refractivity contribution in [3.8, 4) is 0 Å². The Morgan fingerprint density at radius 2 is 2.06 bits per heavy atom. The standard InChI is InChI=1S/C14H13BrN2O/c1-10-5-4-8-16-13(10)14(18)17-9-11-6-2-3-7-12(11)15/h2-8H,9H2,1H3,(H,17,18). The summed E-state index contributed by atoms with van der Waals surface area (Å²) < 4.78 is 0.989. The summed E-state index contributed by atoms with van der Waals surface area (Å²) in [5.74, 6) is -0.149. The lowest BCUT2D eigenvalue weighted by molar-refractivity contribution is 0.0945. The SMILES string of the molecule is Cc1cccnc1C(=O)NCc1ccccc1Br. The van der Waals surface area contributed by atoms with Gasteiger partial charge in [0.1, 0.15) is 5.69 Å². The minimum absolute atomic E-state index is 0.149. The van der Waals surface area contributed by atoms with Gasteiger partial charge in [-0.15, -0.1) is 0 Å². The summed E-state index contributed by atoms with van der Waals surface area (Å²) in [5, 5.41) is 2.87. The molecule has 4 heteroatoms. The molecule has 0 saturated carbocycles. The van der Waals surface area contributed by atoms with E-state index < -0.39 is 0 Å². The quantitative estimate of drug-likeness (QED) is 0.947. The molecule has 0 aliphatic carbocycles. The fraction of sp³-hybridized carbons (Fsp3) is 0.143. The van der Waals surface area contributed by atoms with Gasteiger partial charge in [-0.3, -0.25) is 9.78 Å². The molecule has 0 unspecified atom stereocenters. The molecule has 3 nitrogen and oxygen atoms in total. The molecular weight excluding hydrogens is 292 g/mol. The Morgan fingerprint density at radius 3 is 2.78 bits per heavy atom. The summed E-state index contributed by atoms with van der Waals surface area (Å²) in [4.78, 5) is 16.1. The molecule has 0 radical (unpaired) electrons. The Balaban J connectivity index is 2.06. The maximum atomic E-state index is 12.0. The van der Waals surface area contributed by atoms with Crippen LogP contribution in [-0.2, 0) is 6.54 Å². The number of hydrogen-bond donors (Lipinski definition) is 1. The number of aromatic nitrogens is 1. The number of amides is 1. The van der Waals surface area contributed by atoms with Crippen LogP contribution in [0.2, 0.25) is 0 Å². The highest BCUT2D eigenvalue weighted by Crippen LogP contribution is 2.15. The highest BCUT2D eigenvalue weighted by Gasteiger charge is 2.09. The summed E-state index contributed by atoms with van der Waals surface area (Å²) in [6, 6.07) is 11.5. The Kier molecular flexibility index (Phi) is 4.10. The Bertz CT molecular complexity index is 569. The minimum atomic E-state index is -0.149. The second-order valence-electron chi connectivity index (χ2n) is 3.94. The summed E-state index contributed by atoms with van der Waals surface area (Å²) in [5.41, 5.74) is 2.39. The average molecular weight is 305 g/mol. The number of benzene rings is 1. The smallest absolute Gasteiger partial charge is 0.270 e. The zero-order chi connectivity index (χ0) is 13.0. The van der Waals surface area contributed by atoms with E-state index in [2.05, 4.69) is 26.2 Å². The minimum Gasteiger partial charge on any atom is -0.347 e. The fourth-order valence-electron chi connectivity index (χ4n) is 1.62. The van der Waals surface area contributed by atoms with Gasteiger partial charge in [0, 0.05) is 17.2 Å². The van der Waals surface area contributed by atoms with Crippen LogP contribution in [0.3, 0.4) is 0 Å². The lowest BCUT2D eigenvalue weighted by Crippen LogP contribution is -2.24. The number of carbonyl (C=O) groups is 1. The summed E-state index contributed by atoms with van der Waals surface area (Å²) in [7, 11) is 0. The van der Waals surface area contributed by atoms with Crippen molar-refractivity contribution in [2.45, 2.75) is 13.5 Å². The van der Waals surface area contributed by atoms with Crippen molar-refractivity contribution < 1.29 is 4.79 Å². The topological polar surface area (TPSA) is 42.0 Å². The van der Waals surface area contributed by atoms with Crippen molar-refractivity contribution >= 4 is 21.8 Å². The molecule has 0 saturated heterocycles. The first-order valence-electron chi connectivity index (χ1n) is 5.61. The molecular formula is C14H13BrN2O. The van der Waals surface area contributed by atoms with Gasteiger partial charge in [0.05, 0.1) is 0 Å². The van der Waals surface area contributed by atoms with Crippen LogP contribution in [0, 0.1) is 6.92 Å². The number of carbonyl (C=O) groups excluding carboxylic acids is 1. The molecule has 0 atom stereocenters. The van der Waals surface area contributed by atoms with Crippen molar-refractivity contribution in [2.24, 2.45) is 0 Å². The van der Waals surface area contributed by atoms with Gasteiger partial charge in [0.25, 0.3) is 5.91 Å². The molecule has 1 aromatic carbocycles. The third-order valence-corrected chi connectivity index (χ3v) is 3.40. The van der Waals surface area contributed by atoms with Crippen LogP contribution in [0.15, 0.2) is 47.1 Å². The van der Waals surface area contributed by atoms with E-state index in [1.54, 1.807) is 6.20 Å². The van der Waals surface area contributed by atoms with E-state index in [0.29, 0.717) is 12.2 Å². The van der Waals surface area contributed by atoms with Crippen molar-refractivity contribution in [1.82, 2.24) is 10.3 Å². The number of rotatable bonds is 3. The lowest BCUT2D eigenvalue weighted by Gasteiger charge is -2.07. The third kappa shape index (κ3) is 2.96. The molecule has 2 aromatic rings. The number of aryl methyl sites for hydroxylation is 1. The molecule has 1 aromatic heterocycles. The molecule has 0 fully saturated rings. The van der Waals surface area contributed by atoms with Gasteiger partial charge in [0.2, 0.25) is 0 Å². The third-order valence-electron chi connectivity index (χ3n) is 2.62. The molecule has 1 N–H and O–H groups in total.